The van der Waals surface area contributed by atoms with Gasteiger partial charge in [0.25, 0.3) is 0 Å². The minimum absolute atomic E-state index is 0.144. The second-order valence-electron chi connectivity index (χ2n) is 6.04. The molecule has 0 aromatic heterocycles. The molecule has 0 heterocycles. The Hall–Kier alpha value is -2.36. The zero-order valence-corrected chi connectivity index (χ0v) is 15.2. The highest BCUT2D eigenvalue weighted by atomic mass is 35.5. The lowest BCUT2D eigenvalue weighted by Gasteiger charge is -2.09. The fourth-order valence-electron chi connectivity index (χ4n) is 2.64. The van der Waals surface area contributed by atoms with Crippen LogP contribution in [0, 0.1) is 5.82 Å². The van der Waals surface area contributed by atoms with E-state index in [1.165, 1.54) is 6.07 Å². The summed E-state index contributed by atoms with van der Waals surface area (Å²) in [7, 11) is 0. The summed E-state index contributed by atoms with van der Waals surface area (Å²) in [5.41, 5.74) is 2.86. The first-order valence-electron chi connectivity index (χ1n) is 8.61. The Labute approximate surface area is 158 Å². The Morgan fingerprint density at radius 3 is 2.27 bits per heavy atom. The molecule has 0 aliphatic carbocycles. The maximum Gasteiger partial charge on any atom is 0.126 e. The predicted molar refractivity (Wildman–Crippen MR) is 104 cm³/mol. The van der Waals surface area contributed by atoms with Crippen LogP contribution in [0.1, 0.15) is 16.7 Å². The van der Waals surface area contributed by atoms with E-state index in [-0.39, 0.29) is 5.82 Å². The molecule has 0 amide bonds. The topological polar surface area (TPSA) is 21.3 Å². The lowest BCUT2D eigenvalue weighted by Crippen LogP contribution is -2.17. The highest BCUT2D eigenvalue weighted by Gasteiger charge is 2.02. The zero-order valence-electron chi connectivity index (χ0n) is 14.4. The second-order valence-corrected chi connectivity index (χ2v) is 6.45. The monoisotopic (exact) mass is 369 g/mol. The standard InChI is InChI=1S/C22H21ClFNO/c23-21-7-3-1-6-19(21)16-26-20-11-9-17(10-12-20)15-25-14-13-18-5-2-4-8-22(18)24/h1-12,25H,13-16H2. The van der Waals surface area contributed by atoms with Crippen molar-refractivity contribution >= 4 is 11.6 Å². The normalized spacial score (nSPS) is 10.7. The number of benzene rings is 3. The van der Waals surface area contributed by atoms with Crippen molar-refractivity contribution in [2.75, 3.05) is 6.54 Å². The molecule has 4 heteroatoms. The molecule has 0 radical (unpaired) electrons. The molecule has 0 saturated heterocycles. The third kappa shape index (κ3) is 5.32. The average molecular weight is 370 g/mol. The molecular formula is C22H21ClFNO. The van der Waals surface area contributed by atoms with Crippen molar-refractivity contribution < 1.29 is 9.13 Å². The van der Waals surface area contributed by atoms with E-state index in [1.807, 2.05) is 60.7 Å². The SMILES string of the molecule is Fc1ccccc1CCNCc1ccc(OCc2ccccc2Cl)cc1. The molecule has 0 aliphatic heterocycles. The largest absolute Gasteiger partial charge is 0.489 e. The number of nitrogens with one attached hydrogen (secondary N) is 1. The van der Waals surface area contributed by atoms with Crippen LogP contribution in [0.3, 0.4) is 0 Å². The van der Waals surface area contributed by atoms with Crippen LogP contribution < -0.4 is 10.1 Å². The van der Waals surface area contributed by atoms with Gasteiger partial charge in [0.2, 0.25) is 0 Å². The van der Waals surface area contributed by atoms with Crippen LogP contribution in [0.15, 0.2) is 72.8 Å². The number of hydrogen-bond acceptors (Lipinski definition) is 2. The summed E-state index contributed by atoms with van der Waals surface area (Å²) < 4.78 is 19.3. The van der Waals surface area contributed by atoms with Gasteiger partial charge in [-0.15, -0.1) is 0 Å². The van der Waals surface area contributed by atoms with Crippen molar-refractivity contribution in [3.8, 4) is 5.75 Å². The summed E-state index contributed by atoms with van der Waals surface area (Å²) in [6.45, 7) is 1.91. The van der Waals surface area contributed by atoms with Crippen molar-refractivity contribution in [2.24, 2.45) is 0 Å². The van der Waals surface area contributed by atoms with Crippen molar-refractivity contribution in [1.29, 1.82) is 0 Å². The smallest absolute Gasteiger partial charge is 0.126 e. The van der Waals surface area contributed by atoms with Gasteiger partial charge in [-0.25, -0.2) is 4.39 Å². The van der Waals surface area contributed by atoms with E-state index >= 15 is 0 Å². The predicted octanol–water partition coefficient (Wildman–Crippen LogP) is 5.39. The van der Waals surface area contributed by atoms with Crippen molar-refractivity contribution in [3.05, 3.63) is 100 Å². The molecule has 0 fully saturated rings. The summed E-state index contributed by atoms with van der Waals surface area (Å²) in [5, 5.41) is 4.05. The fourth-order valence-corrected chi connectivity index (χ4v) is 2.83. The highest BCUT2D eigenvalue weighted by molar-refractivity contribution is 6.31. The van der Waals surface area contributed by atoms with Crippen molar-refractivity contribution in [2.45, 2.75) is 19.6 Å². The van der Waals surface area contributed by atoms with Gasteiger partial charge in [-0.2, -0.15) is 0 Å². The third-order valence-electron chi connectivity index (χ3n) is 4.13. The van der Waals surface area contributed by atoms with E-state index in [1.54, 1.807) is 6.07 Å². The number of halogens is 2. The van der Waals surface area contributed by atoms with Gasteiger partial charge < -0.3 is 10.1 Å². The van der Waals surface area contributed by atoms with E-state index in [4.69, 9.17) is 16.3 Å². The number of rotatable bonds is 8. The first-order chi connectivity index (χ1) is 12.7. The molecule has 0 spiro atoms. The minimum Gasteiger partial charge on any atom is -0.489 e. The lowest BCUT2D eigenvalue weighted by atomic mass is 10.1. The molecule has 2 nitrogen and oxygen atoms in total. The molecule has 0 unspecified atom stereocenters. The van der Waals surface area contributed by atoms with E-state index in [0.29, 0.717) is 18.1 Å². The van der Waals surface area contributed by atoms with Gasteiger partial charge in [0, 0.05) is 17.1 Å². The second kappa shape index (κ2) is 9.37. The first-order valence-corrected chi connectivity index (χ1v) is 8.99. The van der Waals surface area contributed by atoms with Crippen molar-refractivity contribution in [1.82, 2.24) is 5.32 Å². The van der Waals surface area contributed by atoms with Gasteiger partial charge in [-0.3, -0.25) is 0 Å². The summed E-state index contributed by atoms with van der Waals surface area (Å²) in [4.78, 5) is 0. The van der Waals surface area contributed by atoms with Gasteiger partial charge in [0.05, 0.1) is 0 Å². The lowest BCUT2D eigenvalue weighted by molar-refractivity contribution is 0.306. The number of ether oxygens (including phenoxy) is 1. The summed E-state index contributed by atoms with van der Waals surface area (Å²) in [6.07, 6.45) is 0.672. The highest BCUT2D eigenvalue weighted by Crippen LogP contribution is 2.19. The Morgan fingerprint density at radius 1 is 0.846 bits per heavy atom. The van der Waals surface area contributed by atoms with Crippen molar-refractivity contribution in [3.63, 3.8) is 0 Å². The fraction of sp³-hybridized carbons (Fsp3) is 0.182. The van der Waals surface area contributed by atoms with Crippen LogP contribution in [-0.2, 0) is 19.6 Å². The molecular weight excluding hydrogens is 349 g/mol. The van der Waals surface area contributed by atoms with E-state index in [0.717, 1.165) is 35.5 Å². The maximum absolute atomic E-state index is 13.6. The van der Waals surface area contributed by atoms with Crippen LogP contribution in [0.2, 0.25) is 5.02 Å². The van der Waals surface area contributed by atoms with Crippen LogP contribution >= 0.6 is 11.6 Å². The summed E-state index contributed by atoms with van der Waals surface area (Å²) in [6, 6.07) is 22.5. The Morgan fingerprint density at radius 2 is 1.54 bits per heavy atom. The number of hydrogen-bond donors (Lipinski definition) is 1. The molecule has 134 valence electrons. The zero-order chi connectivity index (χ0) is 18.2. The Kier molecular flexibility index (Phi) is 6.64. The molecule has 3 rings (SSSR count). The van der Waals surface area contributed by atoms with Gasteiger partial charge in [0.15, 0.2) is 0 Å². The molecule has 3 aromatic carbocycles. The third-order valence-corrected chi connectivity index (χ3v) is 4.50. The van der Waals surface area contributed by atoms with Gasteiger partial charge in [-0.05, 0) is 48.4 Å². The molecule has 3 aromatic rings. The van der Waals surface area contributed by atoms with Gasteiger partial charge in [0.1, 0.15) is 18.2 Å². The molecule has 0 saturated carbocycles. The molecule has 0 bridgehead atoms. The van der Waals surface area contributed by atoms with E-state index < -0.39 is 0 Å². The summed E-state index contributed by atoms with van der Waals surface area (Å²) in [5.74, 6) is 0.661. The van der Waals surface area contributed by atoms with Crippen LogP contribution in [-0.4, -0.2) is 6.54 Å². The van der Waals surface area contributed by atoms with Gasteiger partial charge in [-0.1, -0.05) is 60.1 Å². The minimum atomic E-state index is -0.144. The van der Waals surface area contributed by atoms with Gasteiger partial charge >= 0.3 is 0 Å². The molecule has 0 atom stereocenters. The van der Waals surface area contributed by atoms with E-state index in [2.05, 4.69) is 5.32 Å². The maximum atomic E-state index is 13.6. The average Bonchev–Trinajstić information content (AvgIpc) is 2.67. The first kappa shape index (κ1) is 18.4. The Bertz CT molecular complexity index is 836. The van der Waals surface area contributed by atoms with Crippen LogP contribution in [0.4, 0.5) is 4.39 Å². The molecule has 26 heavy (non-hydrogen) atoms. The quantitative estimate of drug-likeness (QED) is 0.537. The van der Waals surface area contributed by atoms with E-state index in [9.17, 15) is 4.39 Å². The molecule has 1 N–H and O–H groups in total. The molecule has 0 aliphatic rings. The van der Waals surface area contributed by atoms with Crippen LogP contribution in [0.5, 0.6) is 5.75 Å². The Balaban J connectivity index is 1.43. The summed E-state index contributed by atoms with van der Waals surface area (Å²) >= 11 is 6.13. The van der Waals surface area contributed by atoms with Crippen LogP contribution in [0.25, 0.3) is 0 Å².